The van der Waals surface area contributed by atoms with Crippen molar-refractivity contribution >= 4 is 11.6 Å². The number of likely N-dealkylation sites (tertiary alicyclic amines) is 1. The summed E-state index contributed by atoms with van der Waals surface area (Å²) < 4.78 is 0. The van der Waals surface area contributed by atoms with Gasteiger partial charge in [-0.1, -0.05) is 24.9 Å². The maximum atomic E-state index is 12.4. The SMILES string of the molecule is CCC1=NO[C@H](C(=O)N2CCC3(CCCC3)C2)C1. The summed E-state index contributed by atoms with van der Waals surface area (Å²) in [6.07, 6.45) is 7.71. The van der Waals surface area contributed by atoms with Crippen LogP contribution in [-0.2, 0) is 9.63 Å². The lowest BCUT2D eigenvalue weighted by atomic mass is 9.86. The number of carbonyl (C=O) groups excluding carboxylic acids is 1. The van der Waals surface area contributed by atoms with Crippen LogP contribution in [0.1, 0.15) is 51.9 Å². The molecule has 0 unspecified atom stereocenters. The predicted octanol–water partition coefficient (Wildman–Crippen LogP) is 2.33. The molecule has 3 rings (SSSR count). The van der Waals surface area contributed by atoms with E-state index < -0.39 is 0 Å². The molecule has 4 nitrogen and oxygen atoms in total. The van der Waals surface area contributed by atoms with Crippen molar-refractivity contribution < 1.29 is 9.63 Å². The second kappa shape index (κ2) is 4.56. The van der Waals surface area contributed by atoms with Crippen molar-refractivity contribution in [2.75, 3.05) is 13.1 Å². The smallest absolute Gasteiger partial charge is 0.266 e. The highest BCUT2D eigenvalue weighted by Gasteiger charge is 2.44. The maximum absolute atomic E-state index is 12.4. The first-order valence-electron chi connectivity index (χ1n) is 7.23. The first-order valence-corrected chi connectivity index (χ1v) is 7.23. The van der Waals surface area contributed by atoms with E-state index in [2.05, 4.69) is 12.1 Å². The van der Waals surface area contributed by atoms with Gasteiger partial charge in [0.15, 0.2) is 0 Å². The quantitative estimate of drug-likeness (QED) is 0.755. The molecule has 0 aromatic carbocycles. The molecule has 1 saturated carbocycles. The van der Waals surface area contributed by atoms with E-state index in [1.54, 1.807) is 0 Å². The van der Waals surface area contributed by atoms with E-state index in [0.29, 0.717) is 11.8 Å². The molecule has 0 radical (unpaired) electrons. The average Bonchev–Trinajstić information content (AvgIpc) is 3.11. The van der Waals surface area contributed by atoms with E-state index in [-0.39, 0.29) is 12.0 Å². The van der Waals surface area contributed by atoms with Gasteiger partial charge in [-0.15, -0.1) is 0 Å². The van der Waals surface area contributed by atoms with Crippen LogP contribution in [0.25, 0.3) is 0 Å². The lowest BCUT2D eigenvalue weighted by Crippen LogP contribution is -2.39. The van der Waals surface area contributed by atoms with Gasteiger partial charge in [0.1, 0.15) is 0 Å². The number of carbonyl (C=O) groups is 1. The molecule has 4 heteroatoms. The second-order valence-electron chi connectivity index (χ2n) is 6.03. The number of nitrogens with zero attached hydrogens (tertiary/aromatic N) is 2. The largest absolute Gasteiger partial charge is 0.382 e. The van der Waals surface area contributed by atoms with Crippen molar-refractivity contribution in [1.29, 1.82) is 0 Å². The zero-order chi connectivity index (χ0) is 12.6. The normalized spacial score (nSPS) is 29.7. The molecule has 0 aromatic rings. The zero-order valence-electron chi connectivity index (χ0n) is 11.2. The zero-order valence-corrected chi connectivity index (χ0v) is 11.2. The Morgan fingerprint density at radius 2 is 2.22 bits per heavy atom. The summed E-state index contributed by atoms with van der Waals surface area (Å²) in [5, 5.41) is 3.99. The van der Waals surface area contributed by atoms with Crippen LogP contribution in [0, 0.1) is 5.41 Å². The minimum atomic E-state index is -0.337. The molecule has 0 bridgehead atoms. The van der Waals surface area contributed by atoms with Gasteiger partial charge >= 0.3 is 0 Å². The van der Waals surface area contributed by atoms with Gasteiger partial charge < -0.3 is 9.74 Å². The van der Waals surface area contributed by atoms with Gasteiger partial charge in [-0.25, -0.2) is 0 Å². The molecule has 2 fully saturated rings. The summed E-state index contributed by atoms with van der Waals surface area (Å²) in [6, 6.07) is 0. The third-order valence-electron chi connectivity index (χ3n) is 4.83. The number of hydrogen-bond donors (Lipinski definition) is 0. The predicted molar refractivity (Wildman–Crippen MR) is 69.3 cm³/mol. The van der Waals surface area contributed by atoms with E-state index in [4.69, 9.17) is 4.84 Å². The molecule has 1 atom stereocenters. The van der Waals surface area contributed by atoms with Crippen molar-refractivity contribution in [3.8, 4) is 0 Å². The fourth-order valence-electron chi connectivity index (χ4n) is 3.63. The summed E-state index contributed by atoms with van der Waals surface area (Å²) in [4.78, 5) is 19.7. The molecule has 100 valence electrons. The summed E-state index contributed by atoms with van der Waals surface area (Å²) >= 11 is 0. The Morgan fingerprint density at radius 1 is 1.44 bits per heavy atom. The molecule has 3 aliphatic rings. The van der Waals surface area contributed by atoms with E-state index in [1.807, 2.05) is 4.90 Å². The average molecular weight is 250 g/mol. The Morgan fingerprint density at radius 3 is 2.89 bits per heavy atom. The lowest BCUT2D eigenvalue weighted by Gasteiger charge is -2.24. The summed E-state index contributed by atoms with van der Waals surface area (Å²) in [5.41, 5.74) is 1.46. The highest BCUT2D eigenvalue weighted by Crippen LogP contribution is 2.45. The topological polar surface area (TPSA) is 41.9 Å². The highest BCUT2D eigenvalue weighted by atomic mass is 16.6. The van der Waals surface area contributed by atoms with E-state index in [9.17, 15) is 4.79 Å². The van der Waals surface area contributed by atoms with Crippen molar-refractivity contribution in [1.82, 2.24) is 4.90 Å². The lowest BCUT2D eigenvalue weighted by molar-refractivity contribution is -0.141. The maximum Gasteiger partial charge on any atom is 0.266 e. The van der Waals surface area contributed by atoms with Crippen LogP contribution in [0.5, 0.6) is 0 Å². The Bertz CT molecular complexity index is 372. The molecule has 18 heavy (non-hydrogen) atoms. The van der Waals surface area contributed by atoms with E-state index in [1.165, 1.54) is 32.1 Å². The van der Waals surface area contributed by atoms with Gasteiger partial charge in [-0.3, -0.25) is 4.79 Å². The highest BCUT2D eigenvalue weighted by molar-refractivity contribution is 5.92. The van der Waals surface area contributed by atoms with Gasteiger partial charge in [-0.05, 0) is 31.1 Å². The van der Waals surface area contributed by atoms with Crippen LogP contribution in [0.15, 0.2) is 5.16 Å². The fraction of sp³-hybridized carbons (Fsp3) is 0.857. The summed E-state index contributed by atoms with van der Waals surface area (Å²) in [5.74, 6) is 0.158. The van der Waals surface area contributed by atoms with Crippen LogP contribution in [0.4, 0.5) is 0 Å². The van der Waals surface area contributed by atoms with Crippen LogP contribution >= 0.6 is 0 Å². The number of hydrogen-bond acceptors (Lipinski definition) is 3. The standard InChI is InChI=1S/C14H22N2O2/c1-2-11-9-12(18-15-11)13(17)16-8-7-14(10-16)5-3-4-6-14/h12H,2-10H2,1H3/t12-/m0/s1. The molecule has 2 heterocycles. The molecule has 2 aliphatic heterocycles. The molecular weight excluding hydrogens is 228 g/mol. The van der Waals surface area contributed by atoms with Gasteiger partial charge in [0.25, 0.3) is 5.91 Å². The molecule has 0 N–H and O–H groups in total. The fourth-order valence-corrected chi connectivity index (χ4v) is 3.63. The molecule has 1 saturated heterocycles. The van der Waals surface area contributed by atoms with E-state index >= 15 is 0 Å². The van der Waals surface area contributed by atoms with E-state index in [0.717, 1.165) is 25.2 Å². The van der Waals surface area contributed by atoms with Crippen molar-refractivity contribution in [2.24, 2.45) is 10.6 Å². The Kier molecular flexibility index (Phi) is 3.04. The molecule has 1 aliphatic carbocycles. The van der Waals surface area contributed by atoms with Gasteiger partial charge in [0, 0.05) is 19.5 Å². The third kappa shape index (κ3) is 2.02. The van der Waals surface area contributed by atoms with Crippen molar-refractivity contribution in [3.05, 3.63) is 0 Å². The molecule has 1 spiro atoms. The van der Waals surface area contributed by atoms with Gasteiger partial charge in [-0.2, -0.15) is 0 Å². The number of rotatable bonds is 2. The van der Waals surface area contributed by atoms with Crippen LogP contribution < -0.4 is 0 Å². The molecular formula is C14H22N2O2. The third-order valence-corrected chi connectivity index (χ3v) is 4.83. The van der Waals surface area contributed by atoms with Gasteiger partial charge in [0.05, 0.1) is 5.71 Å². The minimum Gasteiger partial charge on any atom is -0.382 e. The summed E-state index contributed by atoms with van der Waals surface area (Å²) in [7, 11) is 0. The monoisotopic (exact) mass is 250 g/mol. The summed E-state index contributed by atoms with van der Waals surface area (Å²) in [6.45, 7) is 3.92. The van der Waals surface area contributed by atoms with Crippen LogP contribution in [-0.4, -0.2) is 35.7 Å². The van der Waals surface area contributed by atoms with Crippen LogP contribution in [0.2, 0.25) is 0 Å². The Labute approximate surface area is 108 Å². The van der Waals surface area contributed by atoms with Crippen LogP contribution in [0.3, 0.4) is 0 Å². The first kappa shape index (κ1) is 12.0. The number of amides is 1. The molecule has 1 amide bonds. The Hall–Kier alpha value is -1.06. The minimum absolute atomic E-state index is 0.158. The molecule has 0 aromatic heterocycles. The number of oxime groups is 1. The Balaban J connectivity index is 1.58. The van der Waals surface area contributed by atoms with Crippen molar-refractivity contribution in [2.45, 2.75) is 58.0 Å². The first-order chi connectivity index (χ1) is 8.72. The van der Waals surface area contributed by atoms with Crippen molar-refractivity contribution in [3.63, 3.8) is 0 Å². The van der Waals surface area contributed by atoms with Gasteiger partial charge in [0.2, 0.25) is 6.10 Å². The second-order valence-corrected chi connectivity index (χ2v) is 6.03.